The molecule has 1 aliphatic heterocycles. The Morgan fingerprint density at radius 1 is 1.00 bits per heavy atom. The van der Waals surface area contributed by atoms with Gasteiger partial charge in [-0.1, -0.05) is 0 Å². The number of likely N-dealkylation sites (tertiary alicyclic amines) is 1. The smallest absolute Gasteiger partial charge is 0.326 e. The standard InChI is InChI=1S/C18H30N6O7/c1-9(22-16(28)10(19)4-6-13(20)25)15(27)23-11(5-7-14(21)26)17(29)24-8-2-3-12(24)18(30)31/h9-12H,2-8,19H2,1H3,(H2,20,25)(H2,21,26)(H,22,28)(H,23,27)(H,30,31). The van der Waals surface area contributed by atoms with Crippen LogP contribution < -0.4 is 27.8 Å². The van der Waals surface area contributed by atoms with E-state index in [1.165, 1.54) is 6.92 Å². The largest absolute Gasteiger partial charge is 0.480 e. The highest BCUT2D eigenvalue weighted by Gasteiger charge is 2.38. The summed E-state index contributed by atoms with van der Waals surface area (Å²) in [6.07, 6.45) is 0.352. The second-order valence-electron chi connectivity index (χ2n) is 7.44. The summed E-state index contributed by atoms with van der Waals surface area (Å²) >= 11 is 0. The maximum Gasteiger partial charge on any atom is 0.326 e. The Labute approximate surface area is 179 Å². The summed E-state index contributed by atoms with van der Waals surface area (Å²) in [5, 5.41) is 14.1. The van der Waals surface area contributed by atoms with Gasteiger partial charge >= 0.3 is 5.97 Å². The Balaban J connectivity index is 2.79. The van der Waals surface area contributed by atoms with E-state index in [1.807, 2.05) is 0 Å². The van der Waals surface area contributed by atoms with Gasteiger partial charge in [-0.15, -0.1) is 0 Å². The molecule has 31 heavy (non-hydrogen) atoms. The van der Waals surface area contributed by atoms with Crippen LogP contribution in [0.1, 0.15) is 45.4 Å². The van der Waals surface area contributed by atoms with Crippen LogP contribution in [-0.2, 0) is 28.8 Å². The zero-order chi connectivity index (χ0) is 23.7. The number of nitrogens with zero attached hydrogens (tertiary/aromatic N) is 1. The zero-order valence-corrected chi connectivity index (χ0v) is 17.3. The maximum absolute atomic E-state index is 12.9. The lowest BCUT2D eigenvalue weighted by Gasteiger charge is -2.28. The molecule has 1 heterocycles. The number of hydrogen-bond donors (Lipinski definition) is 6. The van der Waals surface area contributed by atoms with Gasteiger partial charge < -0.3 is 37.8 Å². The molecular formula is C18H30N6O7. The van der Waals surface area contributed by atoms with Crippen LogP contribution in [0.2, 0.25) is 0 Å². The van der Waals surface area contributed by atoms with Crippen molar-refractivity contribution >= 4 is 35.5 Å². The first-order valence-electron chi connectivity index (χ1n) is 9.90. The van der Waals surface area contributed by atoms with Crippen molar-refractivity contribution in [2.24, 2.45) is 17.2 Å². The Morgan fingerprint density at radius 2 is 1.58 bits per heavy atom. The Morgan fingerprint density at radius 3 is 2.13 bits per heavy atom. The molecule has 1 fully saturated rings. The summed E-state index contributed by atoms with van der Waals surface area (Å²) in [6.45, 7) is 1.57. The van der Waals surface area contributed by atoms with Crippen LogP contribution in [0, 0.1) is 0 Å². The number of carbonyl (C=O) groups excluding carboxylic acids is 5. The first-order valence-corrected chi connectivity index (χ1v) is 9.90. The molecule has 0 aromatic carbocycles. The molecular weight excluding hydrogens is 412 g/mol. The minimum Gasteiger partial charge on any atom is -0.480 e. The van der Waals surface area contributed by atoms with E-state index in [0.29, 0.717) is 6.42 Å². The Kier molecular flexibility index (Phi) is 9.86. The highest BCUT2D eigenvalue weighted by Crippen LogP contribution is 2.19. The van der Waals surface area contributed by atoms with Crippen LogP contribution >= 0.6 is 0 Å². The average molecular weight is 442 g/mol. The van der Waals surface area contributed by atoms with Crippen LogP contribution in [0.15, 0.2) is 0 Å². The first-order chi connectivity index (χ1) is 14.4. The average Bonchev–Trinajstić information content (AvgIpc) is 3.18. The Hall–Kier alpha value is -3.22. The fraction of sp³-hybridized carbons (Fsp3) is 0.667. The van der Waals surface area contributed by atoms with Gasteiger partial charge in [-0.2, -0.15) is 0 Å². The minimum absolute atomic E-state index is 0.000759. The van der Waals surface area contributed by atoms with Gasteiger partial charge in [-0.05, 0) is 32.6 Å². The summed E-state index contributed by atoms with van der Waals surface area (Å²) in [5.41, 5.74) is 15.8. The number of primary amides is 2. The maximum atomic E-state index is 12.9. The minimum atomic E-state index is -1.19. The number of hydrogen-bond acceptors (Lipinski definition) is 7. The lowest BCUT2D eigenvalue weighted by molar-refractivity contribution is -0.149. The van der Waals surface area contributed by atoms with Gasteiger partial charge in [0, 0.05) is 19.4 Å². The lowest BCUT2D eigenvalue weighted by Crippen LogP contribution is -2.56. The van der Waals surface area contributed by atoms with E-state index < -0.39 is 59.7 Å². The molecule has 0 spiro atoms. The summed E-state index contributed by atoms with van der Waals surface area (Å²) in [6, 6.07) is -4.36. The first kappa shape index (κ1) is 25.8. The number of rotatable bonds is 12. The third-order valence-electron chi connectivity index (χ3n) is 4.91. The van der Waals surface area contributed by atoms with Crippen molar-refractivity contribution in [3.63, 3.8) is 0 Å². The van der Waals surface area contributed by atoms with E-state index in [4.69, 9.17) is 17.2 Å². The zero-order valence-electron chi connectivity index (χ0n) is 17.3. The number of amides is 5. The molecule has 0 saturated carbocycles. The molecule has 0 aromatic rings. The molecule has 174 valence electrons. The molecule has 4 atom stereocenters. The highest BCUT2D eigenvalue weighted by molar-refractivity contribution is 5.94. The molecule has 9 N–H and O–H groups in total. The fourth-order valence-electron chi connectivity index (χ4n) is 3.14. The third kappa shape index (κ3) is 8.20. The number of nitrogens with one attached hydrogen (secondary N) is 2. The molecule has 0 aromatic heterocycles. The molecule has 0 radical (unpaired) electrons. The van der Waals surface area contributed by atoms with Crippen molar-refractivity contribution in [2.45, 2.75) is 69.6 Å². The molecule has 1 saturated heterocycles. The molecule has 13 heteroatoms. The number of carboxylic acid groups (broad SMARTS) is 1. The van der Waals surface area contributed by atoms with Crippen LogP contribution in [-0.4, -0.2) is 76.2 Å². The normalized spacial score (nSPS) is 18.5. The van der Waals surface area contributed by atoms with E-state index in [-0.39, 0.29) is 38.6 Å². The second kappa shape index (κ2) is 11.8. The van der Waals surface area contributed by atoms with E-state index >= 15 is 0 Å². The molecule has 0 bridgehead atoms. The number of carboxylic acids is 1. The number of nitrogens with two attached hydrogens (primary N) is 3. The van der Waals surface area contributed by atoms with Gasteiger partial charge in [-0.3, -0.25) is 24.0 Å². The van der Waals surface area contributed by atoms with Crippen molar-refractivity contribution < 1.29 is 33.9 Å². The van der Waals surface area contributed by atoms with Gasteiger partial charge in [0.05, 0.1) is 6.04 Å². The van der Waals surface area contributed by atoms with Gasteiger partial charge in [0.2, 0.25) is 29.5 Å². The van der Waals surface area contributed by atoms with E-state index in [1.54, 1.807) is 0 Å². The second-order valence-corrected chi connectivity index (χ2v) is 7.44. The Bertz CT molecular complexity index is 728. The van der Waals surface area contributed by atoms with Crippen molar-refractivity contribution in [2.75, 3.05) is 6.54 Å². The molecule has 4 unspecified atom stereocenters. The van der Waals surface area contributed by atoms with Crippen LogP contribution in [0.25, 0.3) is 0 Å². The third-order valence-corrected chi connectivity index (χ3v) is 4.91. The predicted octanol–water partition coefficient (Wildman–Crippen LogP) is -3.09. The van der Waals surface area contributed by atoms with E-state index in [0.717, 1.165) is 4.90 Å². The van der Waals surface area contributed by atoms with Crippen molar-refractivity contribution in [3.05, 3.63) is 0 Å². The molecule has 0 aliphatic carbocycles. The lowest BCUT2D eigenvalue weighted by atomic mass is 10.1. The highest BCUT2D eigenvalue weighted by atomic mass is 16.4. The van der Waals surface area contributed by atoms with E-state index in [2.05, 4.69) is 10.6 Å². The quantitative estimate of drug-likeness (QED) is 0.181. The van der Waals surface area contributed by atoms with Gasteiger partial charge in [-0.25, -0.2) is 4.79 Å². The summed E-state index contributed by atoms with van der Waals surface area (Å²) < 4.78 is 0. The molecule has 13 nitrogen and oxygen atoms in total. The van der Waals surface area contributed by atoms with Crippen LogP contribution in [0.4, 0.5) is 0 Å². The number of carbonyl (C=O) groups is 6. The van der Waals surface area contributed by atoms with Gasteiger partial charge in [0.25, 0.3) is 0 Å². The number of aliphatic carboxylic acids is 1. The van der Waals surface area contributed by atoms with E-state index in [9.17, 15) is 33.9 Å². The summed E-state index contributed by atoms with van der Waals surface area (Å²) in [7, 11) is 0. The molecule has 5 amide bonds. The molecule has 1 rings (SSSR count). The predicted molar refractivity (Wildman–Crippen MR) is 107 cm³/mol. The van der Waals surface area contributed by atoms with Crippen LogP contribution in [0.3, 0.4) is 0 Å². The van der Waals surface area contributed by atoms with Crippen LogP contribution in [0.5, 0.6) is 0 Å². The monoisotopic (exact) mass is 442 g/mol. The van der Waals surface area contributed by atoms with Crippen molar-refractivity contribution in [3.8, 4) is 0 Å². The fourth-order valence-corrected chi connectivity index (χ4v) is 3.14. The van der Waals surface area contributed by atoms with Crippen molar-refractivity contribution in [1.29, 1.82) is 0 Å². The SMILES string of the molecule is CC(NC(=O)C(N)CCC(N)=O)C(=O)NC(CCC(N)=O)C(=O)N1CCCC1C(=O)O. The molecule has 1 aliphatic rings. The topological polar surface area (TPSA) is 228 Å². The summed E-state index contributed by atoms with van der Waals surface area (Å²) in [5.74, 6) is -4.53. The summed E-state index contributed by atoms with van der Waals surface area (Å²) in [4.78, 5) is 71.9. The van der Waals surface area contributed by atoms with Gasteiger partial charge in [0.15, 0.2) is 0 Å². The van der Waals surface area contributed by atoms with Crippen molar-refractivity contribution in [1.82, 2.24) is 15.5 Å². The van der Waals surface area contributed by atoms with Gasteiger partial charge in [0.1, 0.15) is 18.1 Å².